The number of hydrogen-bond donors (Lipinski definition) is 1. The predicted molar refractivity (Wildman–Crippen MR) is 93.3 cm³/mol. The van der Waals surface area contributed by atoms with Crippen molar-refractivity contribution in [2.24, 2.45) is 0 Å². The molecule has 0 fully saturated rings. The summed E-state index contributed by atoms with van der Waals surface area (Å²) in [5, 5.41) is 2.99. The van der Waals surface area contributed by atoms with Gasteiger partial charge in [-0.3, -0.25) is 4.79 Å². The summed E-state index contributed by atoms with van der Waals surface area (Å²) >= 11 is 1.53. The van der Waals surface area contributed by atoms with E-state index >= 15 is 0 Å². The number of carbonyl (C=O) groups excluding carboxylic acids is 1. The van der Waals surface area contributed by atoms with Crippen molar-refractivity contribution in [1.82, 2.24) is 14.9 Å². The van der Waals surface area contributed by atoms with Crippen molar-refractivity contribution in [2.75, 3.05) is 6.54 Å². The summed E-state index contributed by atoms with van der Waals surface area (Å²) in [4.78, 5) is 18.3. The van der Waals surface area contributed by atoms with Gasteiger partial charge in [-0.25, -0.2) is 4.98 Å². The molecule has 2 aromatic heterocycles. The van der Waals surface area contributed by atoms with Gasteiger partial charge in [0.05, 0.1) is 11.2 Å². The molecule has 0 unspecified atom stereocenters. The Labute approximate surface area is 143 Å². The number of nitrogens with zero attached hydrogens (tertiary/aromatic N) is 2. The van der Waals surface area contributed by atoms with Gasteiger partial charge in [-0.1, -0.05) is 12.1 Å². The van der Waals surface area contributed by atoms with Crippen molar-refractivity contribution >= 4 is 17.2 Å². The minimum absolute atomic E-state index is 0.0162. The van der Waals surface area contributed by atoms with Crippen LogP contribution in [0.25, 0.3) is 10.4 Å². The molecule has 0 saturated heterocycles. The fourth-order valence-corrected chi connectivity index (χ4v) is 3.89. The third kappa shape index (κ3) is 2.92. The molecular formula is C18H17N3O2S. The van der Waals surface area contributed by atoms with E-state index in [1.807, 2.05) is 41.1 Å². The molecule has 0 atom stereocenters. The molecule has 1 N–H and O–H groups in total. The lowest BCUT2D eigenvalue weighted by atomic mass is 10.1. The minimum atomic E-state index is -0.0162. The molecule has 3 aromatic rings. The summed E-state index contributed by atoms with van der Waals surface area (Å²) in [5.41, 5.74) is 2.16. The maximum atomic E-state index is 12.4. The van der Waals surface area contributed by atoms with E-state index in [4.69, 9.17) is 4.74 Å². The van der Waals surface area contributed by atoms with Gasteiger partial charge in [0, 0.05) is 41.5 Å². The lowest BCUT2D eigenvalue weighted by Gasteiger charge is -2.16. The monoisotopic (exact) mass is 339 g/mol. The van der Waals surface area contributed by atoms with Crippen LogP contribution in [-0.2, 0) is 13.2 Å². The molecule has 6 heteroatoms. The second-order valence-corrected chi connectivity index (χ2v) is 6.71. The first-order chi connectivity index (χ1) is 11.8. The highest BCUT2D eigenvalue weighted by Gasteiger charge is 2.22. The fraction of sp³-hybridized carbons (Fsp3) is 0.222. The molecule has 0 spiro atoms. The number of thiophene rings is 1. The number of ether oxygens (including phenoxy) is 1. The van der Waals surface area contributed by atoms with Crippen molar-refractivity contribution < 1.29 is 9.53 Å². The average Bonchev–Trinajstić information content (AvgIpc) is 3.28. The van der Waals surface area contributed by atoms with E-state index in [0.717, 1.165) is 39.6 Å². The summed E-state index contributed by atoms with van der Waals surface area (Å²) in [6.07, 6.45) is 6.34. The van der Waals surface area contributed by atoms with Gasteiger partial charge in [0.25, 0.3) is 5.91 Å². The summed E-state index contributed by atoms with van der Waals surface area (Å²) in [6.45, 7) is 2.02. The van der Waals surface area contributed by atoms with Gasteiger partial charge in [0.2, 0.25) is 0 Å². The first kappa shape index (κ1) is 15.0. The Morgan fingerprint density at radius 2 is 2.29 bits per heavy atom. The van der Waals surface area contributed by atoms with Gasteiger partial charge in [0.1, 0.15) is 12.4 Å². The molecule has 0 radical (unpaired) electrons. The van der Waals surface area contributed by atoms with E-state index in [1.54, 1.807) is 12.5 Å². The van der Waals surface area contributed by atoms with E-state index < -0.39 is 0 Å². The lowest BCUT2D eigenvalue weighted by Crippen LogP contribution is -2.24. The van der Waals surface area contributed by atoms with Crippen molar-refractivity contribution in [3.63, 3.8) is 0 Å². The molecular weight excluding hydrogens is 322 g/mol. The highest BCUT2D eigenvalue weighted by Crippen LogP contribution is 2.42. The zero-order chi connectivity index (χ0) is 16.4. The van der Waals surface area contributed by atoms with Crippen LogP contribution < -0.4 is 10.1 Å². The number of aromatic nitrogens is 2. The fourth-order valence-electron chi connectivity index (χ4n) is 2.78. The number of imidazole rings is 1. The molecule has 0 bridgehead atoms. The summed E-state index contributed by atoms with van der Waals surface area (Å²) < 4.78 is 7.75. The van der Waals surface area contributed by atoms with Crippen molar-refractivity contribution in [1.29, 1.82) is 0 Å². The Morgan fingerprint density at radius 1 is 1.38 bits per heavy atom. The van der Waals surface area contributed by atoms with Gasteiger partial charge in [-0.2, -0.15) is 0 Å². The molecule has 1 aromatic carbocycles. The number of aryl methyl sites for hydroxylation is 1. The van der Waals surface area contributed by atoms with Crippen molar-refractivity contribution in [3.8, 4) is 16.2 Å². The minimum Gasteiger partial charge on any atom is -0.488 e. The van der Waals surface area contributed by atoms with Crippen LogP contribution in [0.15, 0.2) is 49.1 Å². The van der Waals surface area contributed by atoms with Crippen LogP contribution in [0, 0.1) is 0 Å². The van der Waals surface area contributed by atoms with Crippen LogP contribution in [-0.4, -0.2) is 22.0 Å². The number of benzene rings is 1. The molecule has 24 heavy (non-hydrogen) atoms. The molecule has 0 aliphatic carbocycles. The van der Waals surface area contributed by atoms with Crippen LogP contribution in [0.4, 0.5) is 0 Å². The van der Waals surface area contributed by atoms with E-state index in [2.05, 4.69) is 10.3 Å². The highest BCUT2D eigenvalue weighted by atomic mass is 32.1. The first-order valence-electron chi connectivity index (χ1n) is 7.90. The Hall–Kier alpha value is -2.60. The van der Waals surface area contributed by atoms with Gasteiger partial charge in [0.15, 0.2) is 0 Å². The molecule has 122 valence electrons. The molecule has 1 amide bonds. The average molecular weight is 339 g/mol. The summed E-state index contributed by atoms with van der Waals surface area (Å²) in [7, 11) is 0. The highest BCUT2D eigenvalue weighted by molar-refractivity contribution is 7.17. The lowest BCUT2D eigenvalue weighted by molar-refractivity contribution is 0.0956. The molecule has 3 heterocycles. The number of fused-ring (bicyclic) bond motifs is 3. The topological polar surface area (TPSA) is 56.2 Å². The molecule has 1 aliphatic rings. The Bertz CT molecular complexity index is 855. The maximum Gasteiger partial charge on any atom is 0.261 e. The number of rotatable bonds is 5. The number of hydrogen-bond acceptors (Lipinski definition) is 4. The van der Waals surface area contributed by atoms with Crippen molar-refractivity contribution in [2.45, 2.75) is 19.6 Å². The van der Waals surface area contributed by atoms with E-state index in [9.17, 15) is 4.79 Å². The number of nitrogens with one attached hydrogen (secondary N) is 1. The van der Waals surface area contributed by atoms with Crippen LogP contribution in [0.5, 0.6) is 5.75 Å². The molecule has 1 aliphatic heterocycles. The van der Waals surface area contributed by atoms with Crippen LogP contribution >= 0.6 is 11.3 Å². The van der Waals surface area contributed by atoms with Gasteiger partial charge >= 0.3 is 0 Å². The van der Waals surface area contributed by atoms with Crippen molar-refractivity contribution in [3.05, 3.63) is 59.5 Å². The standard InChI is InChI=1S/C18H17N3O2S/c22-18(20-6-3-8-21-9-7-19-12-21)16-10-13-11-23-15-5-2-1-4-14(15)17(13)24-16/h1-2,4-5,7,9-10,12H,3,6,8,11H2,(H,20,22). The van der Waals surface area contributed by atoms with Gasteiger partial charge < -0.3 is 14.6 Å². The maximum absolute atomic E-state index is 12.4. The molecule has 5 nitrogen and oxygen atoms in total. The number of amides is 1. The van der Waals surface area contributed by atoms with Crippen LogP contribution in [0.2, 0.25) is 0 Å². The van der Waals surface area contributed by atoms with E-state index in [-0.39, 0.29) is 5.91 Å². The third-order valence-electron chi connectivity index (χ3n) is 3.99. The summed E-state index contributed by atoms with van der Waals surface area (Å²) in [5.74, 6) is 0.872. The van der Waals surface area contributed by atoms with Gasteiger partial charge in [-0.05, 0) is 24.6 Å². The largest absolute Gasteiger partial charge is 0.488 e. The Morgan fingerprint density at radius 3 is 3.17 bits per heavy atom. The van der Waals surface area contributed by atoms with E-state index in [0.29, 0.717) is 13.2 Å². The molecule has 0 saturated carbocycles. The second-order valence-electron chi connectivity index (χ2n) is 5.66. The Balaban J connectivity index is 1.40. The zero-order valence-electron chi connectivity index (χ0n) is 13.1. The Kier molecular flexibility index (Phi) is 4.04. The quantitative estimate of drug-likeness (QED) is 0.726. The van der Waals surface area contributed by atoms with E-state index in [1.165, 1.54) is 11.3 Å². The third-order valence-corrected chi connectivity index (χ3v) is 5.19. The smallest absolute Gasteiger partial charge is 0.261 e. The first-order valence-corrected chi connectivity index (χ1v) is 8.72. The zero-order valence-corrected chi connectivity index (χ0v) is 13.9. The number of para-hydroxylation sites is 1. The predicted octanol–water partition coefficient (Wildman–Crippen LogP) is 3.32. The SMILES string of the molecule is O=C(NCCCn1ccnc1)c1cc2c(s1)-c1ccccc1OC2. The number of carbonyl (C=O) groups is 1. The van der Waals surface area contributed by atoms with Crippen LogP contribution in [0.3, 0.4) is 0 Å². The van der Waals surface area contributed by atoms with Gasteiger partial charge in [-0.15, -0.1) is 11.3 Å². The normalized spacial score (nSPS) is 12.2. The molecule has 4 rings (SSSR count). The van der Waals surface area contributed by atoms with Crippen LogP contribution in [0.1, 0.15) is 21.7 Å². The summed E-state index contributed by atoms with van der Waals surface area (Å²) in [6, 6.07) is 9.91. The second kappa shape index (κ2) is 6.49.